The lowest BCUT2D eigenvalue weighted by Crippen LogP contribution is -2.56. The highest BCUT2D eigenvalue weighted by Gasteiger charge is 2.52. The van der Waals surface area contributed by atoms with E-state index in [9.17, 15) is 14.0 Å². The van der Waals surface area contributed by atoms with Gasteiger partial charge in [-0.2, -0.15) is 0 Å². The van der Waals surface area contributed by atoms with Gasteiger partial charge in [0.05, 0.1) is 5.41 Å². The molecule has 1 aliphatic carbocycles. The maximum Gasteiger partial charge on any atom is 0.245 e. The van der Waals surface area contributed by atoms with Crippen LogP contribution in [0.2, 0.25) is 0 Å². The van der Waals surface area contributed by atoms with E-state index in [1.54, 1.807) is 29.2 Å². The highest BCUT2D eigenvalue weighted by atomic mass is 19.1. The molecular weight excluding hydrogens is 404 g/mol. The second kappa shape index (κ2) is 8.70. The second-order valence-electron chi connectivity index (χ2n) is 9.54. The summed E-state index contributed by atoms with van der Waals surface area (Å²) in [4.78, 5) is 28.6. The fourth-order valence-corrected chi connectivity index (χ4v) is 4.38. The largest absolute Gasteiger partial charge is 0.343 e. The smallest absolute Gasteiger partial charge is 0.245 e. The van der Waals surface area contributed by atoms with Crippen LogP contribution in [0, 0.1) is 5.82 Å². The number of halogens is 1. The maximum absolute atomic E-state index is 13.4. The highest BCUT2D eigenvalue weighted by molar-refractivity contribution is 6.32. The quantitative estimate of drug-likeness (QED) is 0.682. The van der Waals surface area contributed by atoms with Gasteiger partial charge in [0.15, 0.2) is 0 Å². The van der Waals surface area contributed by atoms with Crippen LogP contribution in [0.3, 0.4) is 0 Å². The van der Waals surface area contributed by atoms with Gasteiger partial charge in [-0.3, -0.25) is 9.59 Å². The Morgan fingerprint density at radius 2 is 1.66 bits per heavy atom. The molecule has 32 heavy (non-hydrogen) atoms. The monoisotopic (exact) mass is 433 g/mol. The van der Waals surface area contributed by atoms with Crippen molar-refractivity contribution >= 4 is 25.1 Å². The lowest BCUT2D eigenvalue weighted by Gasteiger charge is -2.38. The molecule has 4 rings (SSSR count). The number of hydrogen-bond acceptors (Lipinski definition) is 3. The van der Waals surface area contributed by atoms with Crippen molar-refractivity contribution in [2.24, 2.45) is 5.73 Å². The maximum atomic E-state index is 13.4. The van der Waals surface area contributed by atoms with Crippen molar-refractivity contribution in [3.8, 4) is 0 Å². The molecule has 0 aromatic heterocycles. The SMILES string of the molecule is [B]c1ccc(CC(NC(=O)C2(c3ccc(F)cc3)CC2)C(=O)N2CCC(C)(N)CC2)cc1. The number of nitrogens with zero attached hydrogens (tertiary/aromatic N) is 1. The van der Waals surface area contributed by atoms with Crippen LogP contribution in [0.15, 0.2) is 48.5 Å². The number of carbonyl (C=O) groups excluding carboxylic acids is 2. The van der Waals surface area contributed by atoms with E-state index in [2.05, 4.69) is 5.32 Å². The molecule has 5 nitrogen and oxygen atoms in total. The standard InChI is InChI=1S/C25H29BFN3O2/c1-24(28)12-14-30(15-13-24)22(31)21(16-17-2-6-19(26)7-3-17)29-23(32)25(10-11-25)18-4-8-20(27)9-5-18/h2-9,21H,10-16,28H2,1H3,(H,29,32). The van der Waals surface area contributed by atoms with E-state index in [1.807, 2.05) is 19.1 Å². The molecule has 1 saturated heterocycles. The van der Waals surface area contributed by atoms with Gasteiger partial charge in [-0.1, -0.05) is 41.9 Å². The Hall–Kier alpha value is -2.67. The molecule has 7 heteroatoms. The van der Waals surface area contributed by atoms with E-state index in [-0.39, 0.29) is 23.2 Å². The first kappa shape index (κ1) is 22.5. The second-order valence-corrected chi connectivity index (χ2v) is 9.54. The molecular formula is C25H29BFN3O2. The van der Waals surface area contributed by atoms with Gasteiger partial charge in [0.2, 0.25) is 11.8 Å². The molecule has 1 atom stereocenters. The zero-order valence-corrected chi connectivity index (χ0v) is 18.4. The van der Waals surface area contributed by atoms with Gasteiger partial charge in [-0.25, -0.2) is 4.39 Å². The number of nitrogens with one attached hydrogen (secondary N) is 1. The van der Waals surface area contributed by atoms with Crippen molar-refractivity contribution in [3.05, 3.63) is 65.5 Å². The first-order chi connectivity index (χ1) is 15.2. The minimum atomic E-state index is -0.689. The Labute approximate surface area is 190 Å². The Morgan fingerprint density at radius 1 is 1.06 bits per heavy atom. The van der Waals surface area contributed by atoms with E-state index in [0.29, 0.717) is 37.8 Å². The summed E-state index contributed by atoms with van der Waals surface area (Å²) in [6.45, 7) is 3.15. The average Bonchev–Trinajstić information content (AvgIpc) is 3.57. The molecule has 2 aromatic carbocycles. The van der Waals surface area contributed by atoms with Gasteiger partial charge < -0.3 is 16.0 Å². The first-order valence-corrected chi connectivity index (χ1v) is 11.2. The lowest BCUT2D eigenvalue weighted by molar-refractivity contribution is -0.138. The van der Waals surface area contributed by atoms with Crippen LogP contribution in [0.5, 0.6) is 0 Å². The first-order valence-electron chi connectivity index (χ1n) is 11.2. The minimum Gasteiger partial charge on any atom is -0.343 e. The van der Waals surface area contributed by atoms with Crippen LogP contribution in [0.4, 0.5) is 4.39 Å². The number of likely N-dealkylation sites (tertiary alicyclic amines) is 1. The summed E-state index contributed by atoms with van der Waals surface area (Å²) in [5.74, 6) is -0.613. The van der Waals surface area contributed by atoms with Crippen molar-refractivity contribution < 1.29 is 14.0 Å². The molecule has 1 aliphatic heterocycles. The molecule has 0 bridgehead atoms. The van der Waals surface area contributed by atoms with Crippen LogP contribution < -0.4 is 16.5 Å². The number of nitrogens with two attached hydrogens (primary N) is 1. The third-order valence-electron chi connectivity index (χ3n) is 6.82. The van der Waals surface area contributed by atoms with Crippen LogP contribution >= 0.6 is 0 Å². The number of carbonyl (C=O) groups is 2. The number of rotatable bonds is 6. The molecule has 2 amide bonds. The number of piperidine rings is 1. The van der Waals surface area contributed by atoms with Crippen molar-refractivity contribution in [1.29, 1.82) is 0 Å². The number of hydrogen-bond donors (Lipinski definition) is 2. The van der Waals surface area contributed by atoms with Crippen LogP contribution in [-0.4, -0.2) is 49.2 Å². The zero-order chi connectivity index (χ0) is 22.9. The van der Waals surface area contributed by atoms with E-state index in [0.717, 1.165) is 24.0 Å². The van der Waals surface area contributed by atoms with E-state index in [4.69, 9.17) is 13.6 Å². The minimum absolute atomic E-state index is 0.0967. The normalized spacial score (nSPS) is 19.8. The average molecular weight is 433 g/mol. The van der Waals surface area contributed by atoms with E-state index >= 15 is 0 Å². The summed E-state index contributed by atoms with van der Waals surface area (Å²) in [6.07, 6.45) is 3.19. The van der Waals surface area contributed by atoms with Crippen molar-refractivity contribution in [1.82, 2.24) is 10.2 Å². The zero-order valence-electron chi connectivity index (χ0n) is 18.4. The number of benzene rings is 2. The Bertz CT molecular complexity index is 977. The molecule has 2 aromatic rings. The molecule has 0 spiro atoms. The van der Waals surface area contributed by atoms with Crippen LogP contribution in [0.25, 0.3) is 0 Å². The molecule has 2 fully saturated rings. The van der Waals surface area contributed by atoms with Gasteiger partial charge in [-0.15, -0.1) is 0 Å². The van der Waals surface area contributed by atoms with Gasteiger partial charge in [-0.05, 0) is 55.9 Å². The molecule has 1 unspecified atom stereocenters. The van der Waals surface area contributed by atoms with Crippen LogP contribution in [0.1, 0.15) is 43.7 Å². The summed E-state index contributed by atoms with van der Waals surface area (Å²) >= 11 is 0. The predicted octanol–water partition coefficient (Wildman–Crippen LogP) is 1.72. The highest BCUT2D eigenvalue weighted by Crippen LogP contribution is 2.48. The molecule has 3 N–H and O–H groups in total. The fourth-order valence-electron chi connectivity index (χ4n) is 4.38. The van der Waals surface area contributed by atoms with Gasteiger partial charge in [0, 0.05) is 25.0 Å². The van der Waals surface area contributed by atoms with Gasteiger partial charge >= 0.3 is 0 Å². The topological polar surface area (TPSA) is 75.4 Å². The van der Waals surface area contributed by atoms with Gasteiger partial charge in [0.25, 0.3) is 0 Å². The molecule has 2 aliphatic rings. The Balaban J connectivity index is 1.53. The summed E-state index contributed by atoms with van der Waals surface area (Å²) in [5.41, 5.74) is 7.62. The van der Waals surface area contributed by atoms with Crippen molar-refractivity contribution in [2.45, 2.75) is 56.0 Å². The third kappa shape index (κ3) is 4.88. The molecule has 2 radical (unpaired) electrons. The third-order valence-corrected chi connectivity index (χ3v) is 6.82. The van der Waals surface area contributed by atoms with E-state index < -0.39 is 11.5 Å². The number of amides is 2. The lowest BCUT2D eigenvalue weighted by atomic mass is 9.90. The van der Waals surface area contributed by atoms with E-state index in [1.165, 1.54) is 12.1 Å². The summed E-state index contributed by atoms with van der Waals surface area (Å²) in [7, 11) is 5.80. The predicted molar refractivity (Wildman–Crippen MR) is 123 cm³/mol. The van der Waals surface area contributed by atoms with Crippen LogP contribution in [-0.2, 0) is 21.4 Å². The summed E-state index contributed by atoms with van der Waals surface area (Å²) in [6, 6.07) is 12.7. The van der Waals surface area contributed by atoms with Gasteiger partial charge in [0.1, 0.15) is 19.7 Å². The molecule has 1 heterocycles. The van der Waals surface area contributed by atoms with Crippen molar-refractivity contribution in [3.63, 3.8) is 0 Å². The summed E-state index contributed by atoms with van der Waals surface area (Å²) in [5, 5.41) is 3.03. The van der Waals surface area contributed by atoms with Crippen molar-refractivity contribution in [2.75, 3.05) is 13.1 Å². The molecule has 166 valence electrons. The Morgan fingerprint density at radius 3 is 2.22 bits per heavy atom. The molecule has 1 saturated carbocycles. The fraction of sp³-hybridized carbons (Fsp3) is 0.440. The Kier molecular flexibility index (Phi) is 6.12. The summed E-state index contributed by atoms with van der Waals surface area (Å²) < 4.78 is 13.4.